The molecule has 0 amide bonds. The molecule has 2 aromatic rings. The summed E-state index contributed by atoms with van der Waals surface area (Å²) in [5.74, 6) is 0.330. The topological polar surface area (TPSA) is 81.0 Å². The highest BCUT2D eigenvalue weighted by atomic mass is 16.6. The third-order valence-electron chi connectivity index (χ3n) is 1.91. The van der Waals surface area contributed by atoms with Crippen LogP contribution in [-0.2, 0) is 0 Å². The molecule has 1 aromatic heterocycles. The van der Waals surface area contributed by atoms with Crippen LogP contribution in [0.15, 0.2) is 42.7 Å². The summed E-state index contributed by atoms with van der Waals surface area (Å²) in [6.45, 7) is 0. The number of hydrogen-bond acceptors (Lipinski definition) is 5. The standard InChI is InChI=1S/C10H8N4O2/c15-14(16)9-5-2-1-4-8(9)13-10-11-6-3-7-12-10/h1-7H,(H,11,12,13). The molecule has 1 N–H and O–H groups in total. The van der Waals surface area contributed by atoms with Crippen LogP contribution in [0.5, 0.6) is 0 Å². The number of nitrogens with one attached hydrogen (secondary N) is 1. The summed E-state index contributed by atoms with van der Waals surface area (Å²) in [5.41, 5.74) is 0.369. The molecule has 6 heteroatoms. The van der Waals surface area contributed by atoms with Crippen molar-refractivity contribution < 1.29 is 4.92 Å². The van der Waals surface area contributed by atoms with Crippen molar-refractivity contribution in [3.8, 4) is 0 Å². The van der Waals surface area contributed by atoms with Crippen LogP contribution in [0.1, 0.15) is 0 Å². The van der Waals surface area contributed by atoms with Crippen molar-refractivity contribution in [1.82, 2.24) is 9.97 Å². The van der Waals surface area contributed by atoms with Crippen LogP contribution in [0.25, 0.3) is 0 Å². The van der Waals surface area contributed by atoms with Crippen LogP contribution in [0.4, 0.5) is 17.3 Å². The molecular weight excluding hydrogens is 208 g/mol. The second kappa shape index (κ2) is 4.35. The monoisotopic (exact) mass is 216 g/mol. The van der Waals surface area contributed by atoms with Gasteiger partial charge >= 0.3 is 0 Å². The van der Waals surface area contributed by atoms with E-state index in [9.17, 15) is 10.1 Å². The second-order valence-electron chi connectivity index (χ2n) is 2.97. The van der Waals surface area contributed by atoms with E-state index in [-0.39, 0.29) is 5.69 Å². The summed E-state index contributed by atoms with van der Waals surface area (Å²) in [5, 5.41) is 13.5. The number of aromatic nitrogens is 2. The van der Waals surface area contributed by atoms with Crippen LogP contribution < -0.4 is 5.32 Å². The molecule has 0 radical (unpaired) electrons. The first kappa shape index (κ1) is 10.0. The molecule has 0 aliphatic heterocycles. The molecule has 0 saturated heterocycles. The van der Waals surface area contributed by atoms with Gasteiger partial charge in [0.15, 0.2) is 0 Å². The first-order valence-electron chi connectivity index (χ1n) is 4.55. The largest absolute Gasteiger partial charge is 0.318 e. The highest BCUT2D eigenvalue weighted by Gasteiger charge is 2.12. The van der Waals surface area contributed by atoms with Gasteiger partial charge in [-0.15, -0.1) is 0 Å². The SMILES string of the molecule is O=[N+]([O-])c1ccccc1Nc1ncccn1. The van der Waals surface area contributed by atoms with E-state index < -0.39 is 4.92 Å². The quantitative estimate of drug-likeness (QED) is 0.627. The van der Waals surface area contributed by atoms with Crippen molar-refractivity contribution in [2.75, 3.05) is 5.32 Å². The van der Waals surface area contributed by atoms with Crippen molar-refractivity contribution in [2.24, 2.45) is 0 Å². The molecule has 0 aliphatic carbocycles. The second-order valence-corrected chi connectivity index (χ2v) is 2.97. The molecule has 0 atom stereocenters. The van der Waals surface area contributed by atoms with E-state index in [1.165, 1.54) is 6.07 Å². The molecule has 0 spiro atoms. The lowest BCUT2D eigenvalue weighted by atomic mass is 10.3. The fourth-order valence-electron chi connectivity index (χ4n) is 1.22. The third kappa shape index (κ3) is 2.11. The molecule has 0 unspecified atom stereocenters. The van der Waals surface area contributed by atoms with E-state index in [1.807, 2.05) is 0 Å². The lowest BCUT2D eigenvalue weighted by Crippen LogP contribution is -1.99. The smallest absolute Gasteiger partial charge is 0.292 e. The van der Waals surface area contributed by atoms with Gasteiger partial charge in [-0.1, -0.05) is 12.1 Å². The van der Waals surface area contributed by atoms with Gasteiger partial charge in [0.1, 0.15) is 5.69 Å². The van der Waals surface area contributed by atoms with Gasteiger partial charge in [0, 0.05) is 18.5 Å². The Morgan fingerprint density at radius 1 is 1.12 bits per heavy atom. The average molecular weight is 216 g/mol. The molecule has 0 bridgehead atoms. The Morgan fingerprint density at radius 3 is 2.50 bits per heavy atom. The molecule has 0 fully saturated rings. The summed E-state index contributed by atoms with van der Waals surface area (Å²) in [6.07, 6.45) is 3.12. The summed E-state index contributed by atoms with van der Waals surface area (Å²) in [4.78, 5) is 18.1. The maximum absolute atomic E-state index is 10.7. The van der Waals surface area contributed by atoms with Crippen molar-refractivity contribution in [3.63, 3.8) is 0 Å². The predicted molar refractivity (Wildman–Crippen MR) is 58.4 cm³/mol. The fraction of sp³-hybridized carbons (Fsp3) is 0. The predicted octanol–water partition coefficient (Wildman–Crippen LogP) is 2.13. The van der Waals surface area contributed by atoms with E-state index in [2.05, 4.69) is 15.3 Å². The number of hydrogen-bond donors (Lipinski definition) is 1. The zero-order chi connectivity index (χ0) is 11.4. The minimum atomic E-state index is -0.453. The molecule has 0 saturated carbocycles. The Morgan fingerprint density at radius 2 is 1.81 bits per heavy atom. The van der Waals surface area contributed by atoms with Crippen LogP contribution >= 0.6 is 0 Å². The van der Waals surface area contributed by atoms with Crippen LogP contribution in [0.2, 0.25) is 0 Å². The Kier molecular flexibility index (Phi) is 2.73. The molecule has 2 rings (SSSR count). The van der Waals surface area contributed by atoms with E-state index >= 15 is 0 Å². The summed E-state index contributed by atoms with van der Waals surface area (Å²) in [7, 11) is 0. The number of para-hydroxylation sites is 2. The summed E-state index contributed by atoms with van der Waals surface area (Å²) >= 11 is 0. The van der Waals surface area contributed by atoms with Gasteiger partial charge in [0.25, 0.3) is 5.69 Å². The first-order valence-corrected chi connectivity index (χ1v) is 4.55. The van der Waals surface area contributed by atoms with Gasteiger partial charge in [-0.25, -0.2) is 9.97 Å². The Balaban J connectivity index is 2.31. The molecule has 80 valence electrons. The molecule has 16 heavy (non-hydrogen) atoms. The van der Waals surface area contributed by atoms with Gasteiger partial charge in [0.2, 0.25) is 5.95 Å². The van der Waals surface area contributed by atoms with Crippen molar-refractivity contribution in [3.05, 3.63) is 52.8 Å². The van der Waals surface area contributed by atoms with Gasteiger partial charge in [0.05, 0.1) is 4.92 Å². The number of nitro groups is 1. The van der Waals surface area contributed by atoms with Crippen LogP contribution in [0, 0.1) is 10.1 Å². The van der Waals surface area contributed by atoms with Crippen molar-refractivity contribution in [1.29, 1.82) is 0 Å². The maximum atomic E-state index is 10.7. The molecule has 1 aromatic carbocycles. The Hall–Kier alpha value is -2.50. The van der Waals surface area contributed by atoms with E-state index in [1.54, 1.807) is 36.7 Å². The van der Waals surface area contributed by atoms with E-state index in [0.29, 0.717) is 11.6 Å². The summed E-state index contributed by atoms with van der Waals surface area (Å²) in [6, 6.07) is 8.01. The highest BCUT2D eigenvalue weighted by molar-refractivity contribution is 5.65. The maximum Gasteiger partial charge on any atom is 0.292 e. The fourth-order valence-corrected chi connectivity index (χ4v) is 1.22. The molecule has 1 heterocycles. The molecule has 0 aliphatic rings. The number of anilines is 2. The zero-order valence-corrected chi connectivity index (χ0v) is 8.20. The summed E-state index contributed by atoms with van der Waals surface area (Å²) < 4.78 is 0. The van der Waals surface area contributed by atoms with E-state index in [0.717, 1.165) is 0 Å². The first-order chi connectivity index (χ1) is 7.77. The zero-order valence-electron chi connectivity index (χ0n) is 8.20. The normalized spacial score (nSPS) is 9.75. The lowest BCUT2D eigenvalue weighted by Gasteiger charge is -2.03. The van der Waals surface area contributed by atoms with Gasteiger partial charge < -0.3 is 5.32 Å². The highest BCUT2D eigenvalue weighted by Crippen LogP contribution is 2.25. The van der Waals surface area contributed by atoms with Crippen molar-refractivity contribution >= 4 is 17.3 Å². The molecular formula is C10H8N4O2. The van der Waals surface area contributed by atoms with Gasteiger partial charge in [-0.05, 0) is 12.1 Å². The van der Waals surface area contributed by atoms with Gasteiger partial charge in [-0.3, -0.25) is 10.1 Å². The Labute approximate surface area is 91.1 Å². The average Bonchev–Trinajstić information content (AvgIpc) is 2.31. The minimum absolute atomic E-state index is 0.00467. The Bertz CT molecular complexity index is 501. The number of nitro benzene ring substituents is 1. The molecule has 6 nitrogen and oxygen atoms in total. The minimum Gasteiger partial charge on any atom is -0.318 e. The lowest BCUT2D eigenvalue weighted by molar-refractivity contribution is -0.383. The van der Waals surface area contributed by atoms with E-state index in [4.69, 9.17) is 0 Å². The van der Waals surface area contributed by atoms with Crippen LogP contribution in [0.3, 0.4) is 0 Å². The number of rotatable bonds is 3. The number of benzene rings is 1. The number of nitrogens with zero attached hydrogens (tertiary/aromatic N) is 3. The van der Waals surface area contributed by atoms with Gasteiger partial charge in [-0.2, -0.15) is 0 Å². The van der Waals surface area contributed by atoms with Crippen LogP contribution in [-0.4, -0.2) is 14.9 Å². The van der Waals surface area contributed by atoms with Crippen molar-refractivity contribution in [2.45, 2.75) is 0 Å². The third-order valence-corrected chi connectivity index (χ3v) is 1.91.